The fourth-order valence-corrected chi connectivity index (χ4v) is 2.86. The first-order valence-corrected chi connectivity index (χ1v) is 7.17. The highest BCUT2D eigenvalue weighted by molar-refractivity contribution is 7.16. The lowest BCUT2D eigenvalue weighted by molar-refractivity contribution is 0.792. The number of aromatic nitrogens is 5. The topological polar surface area (TPSA) is 82.5 Å². The van der Waals surface area contributed by atoms with Gasteiger partial charge in [0.05, 0.1) is 21.4 Å². The van der Waals surface area contributed by atoms with Crippen molar-refractivity contribution in [1.29, 1.82) is 0 Å². The predicted octanol–water partition coefficient (Wildman–Crippen LogP) is 2.52. The molecule has 0 amide bonds. The summed E-state index contributed by atoms with van der Waals surface area (Å²) < 4.78 is 2.82. The van der Waals surface area contributed by atoms with E-state index in [4.69, 9.17) is 5.73 Å². The van der Waals surface area contributed by atoms with Crippen molar-refractivity contribution in [1.82, 2.24) is 25.2 Å². The number of hydrogen-bond acceptors (Lipinski definition) is 6. The Balaban J connectivity index is 1.85. The number of nitrogen functional groups attached to an aromatic ring is 1. The van der Waals surface area contributed by atoms with Crippen LogP contribution < -0.4 is 5.73 Å². The van der Waals surface area contributed by atoms with Crippen LogP contribution in [0.2, 0.25) is 0 Å². The number of nitrogens with zero attached hydrogens (tertiary/aromatic N) is 5. The Morgan fingerprint density at radius 3 is 2.76 bits per heavy atom. The van der Waals surface area contributed by atoms with E-state index in [2.05, 4.69) is 20.5 Å². The number of anilines is 1. The lowest BCUT2D eigenvalue weighted by atomic mass is 10.2. The molecule has 0 spiro atoms. The molecule has 2 N–H and O–H groups in total. The molecule has 2 aromatic heterocycles. The molecule has 4 rings (SSSR count). The van der Waals surface area contributed by atoms with Gasteiger partial charge in [-0.25, -0.2) is 4.98 Å². The number of nitrogens with two attached hydrogens (primary N) is 1. The van der Waals surface area contributed by atoms with Crippen molar-refractivity contribution in [2.24, 2.45) is 0 Å². The normalized spacial score (nSPS) is 11.0. The van der Waals surface area contributed by atoms with E-state index < -0.39 is 0 Å². The zero-order valence-corrected chi connectivity index (χ0v) is 11.7. The van der Waals surface area contributed by atoms with E-state index in [-0.39, 0.29) is 0 Å². The minimum absolute atomic E-state index is 0.680. The van der Waals surface area contributed by atoms with Gasteiger partial charge < -0.3 is 5.73 Å². The van der Waals surface area contributed by atoms with Gasteiger partial charge in [-0.1, -0.05) is 0 Å². The minimum atomic E-state index is 0.680. The third kappa shape index (κ3) is 2.03. The lowest BCUT2D eigenvalue weighted by Crippen LogP contribution is -1.99. The monoisotopic (exact) mass is 294 g/mol. The van der Waals surface area contributed by atoms with Crippen molar-refractivity contribution in [2.75, 3.05) is 5.73 Å². The fraction of sp³-hybridized carbons (Fsp3) is 0. The first-order chi connectivity index (χ1) is 10.3. The van der Waals surface area contributed by atoms with E-state index >= 15 is 0 Å². The molecule has 2 aromatic carbocycles. The van der Waals surface area contributed by atoms with Gasteiger partial charge in [0, 0.05) is 11.3 Å². The van der Waals surface area contributed by atoms with Crippen LogP contribution in [-0.4, -0.2) is 25.2 Å². The van der Waals surface area contributed by atoms with Crippen LogP contribution in [-0.2, 0) is 0 Å². The van der Waals surface area contributed by atoms with Gasteiger partial charge in [-0.2, -0.15) is 4.68 Å². The molecular weight excluding hydrogens is 284 g/mol. The van der Waals surface area contributed by atoms with Gasteiger partial charge in [0.1, 0.15) is 0 Å². The summed E-state index contributed by atoms with van der Waals surface area (Å²) in [5, 5.41) is 12.0. The first-order valence-electron chi connectivity index (χ1n) is 6.29. The minimum Gasteiger partial charge on any atom is -0.399 e. The average molecular weight is 294 g/mol. The van der Waals surface area contributed by atoms with Crippen LogP contribution in [0, 0.1) is 0 Å². The summed E-state index contributed by atoms with van der Waals surface area (Å²) in [5.41, 5.74) is 11.1. The molecule has 0 aliphatic rings. The summed E-state index contributed by atoms with van der Waals surface area (Å²) in [5.74, 6) is 0.680. The Bertz CT molecular complexity index is 909. The maximum absolute atomic E-state index is 5.72. The van der Waals surface area contributed by atoms with Crippen LogP contribution in [0.3, 0.4) is 0 Å². The van der Waals surface area contributed by atoms with Crippen molar-refractivity contribution in [3.8, 4) is 17.1 Å². The summed E-state index contributed by atoms with van der Waals surface area (Å²) in [6.45, 7) is 0. The highest BCUT2D eigenvalue weighted by atomic mass is 32.1. The highest BCUT2D eigenvalue weighted by Crippen LogP contribution is 2.24. The Morgan fingerprint density at radius 1 is 1.05 bits per heavy atom. The standard InChI is InChI=1S/C14H10N6S/c15-10-3-1-9(2-4-10)14-17-18-19-20(14)11-5-6-12-13(7-11)21-8-16-12/h1-8H,15H2. The molecule has 0 aliphatic carbocycles. The SMILES string of the molecule is Nc1ccc(-c2nnnn2-c2ccc3ncsc3c2)cc1. The molecule has 6 nitrogen and oxygen atoms in total. The second-order valence-corrected chi connectivity index (χ2v) is 5.43. The summed E-state index contributed by atoms with van der Waals surface area (Å²) in [6, 6.07) is 13.4. The van der Waals surface area contributed by atoms with Gasteiger partial charge >= 0.3 is 0 Å². The molecule has 21 heavy (non-hydrogen) atoms. The summed E-state index contributed by atoms with van der Waals surface area (Å²) in [7, 11) is 0. The number of thiazole rings is 1. The van der Waals surface area contributed by atoms with Crippen LogP contribution in [0.1, 0.15) is 0 Å². The molecular formula is C14H10N6S. The molecule has 0 radical (unpaired) electrons. The molecule has 4 aromatic rings. The van der Waals surface area contributed by atoms with E-state index in [1.165, 1.54) is 0 Å². The summed E-state index contributed by atoms with van der Waals surface area (Å²) >= 11 is 1.59. The molecule has 102 valence electrons. The van der Waals surface area contributed by atoms with Crippen molar-refractivity contribution < 1.29 is 0 Å². The molecule has 0 saturated carbocycles. The first kappa shape index (κ1) is 12.0. The van der Waals surface area contributed by atoms with Gasteiger partial charge in [-0.05, 0) is 52.9 Å². The number of tetrazole rings is 1. The average Bonchev–Trinajstić information content (AvgIpc) is 3.16. The zero-order chi connectivity index (χ0) is 14.2. The molecule has 0 saturated heterocycles. The van der Waals surface area contributed by atoms with E-state index in [1.807, 2.05) is 48.0 Å². The molecule has 7 heteroatoms. The van der Waals surface area contributed by atoms with E-state index in [9.17, 15) is 0 Å². The second kappa shape index (κ2) is 4.64. The van der Waals surface area contributed by atoms with Gasteiger partial charge in [0.2, 0.25) is 0 Å². The Hall–Kier alpha value is -2.80. The summed E-state index contributed by atoms with van der Waals surface area (Å²) in [4.78, 5) is 4.28. The van der Waals surface area contributed by atoms with Gasteiger partial charge in [-0.3, -0.25) is 0 Å². The van der Waals surface area contributed by atoms with Crippen molar-refractivity contribution in [3.05, 3.63) is 48.0 Å². The fourth-order valence-electron chi connectivity index (χ4n) is 2.15. The zero-order valence-electron chi connectivity index (χ0n) is 10.8. The van der Waals surface area contributed by atoms with Crippen LogP contribution >= 0.6 is 11.3 Å². The maximum atomic E-state index is 5.72. The van der Waals surface area contributed by atoms with Gasteiger partial charge in [0.25, 0.3) is 0 Å². The lowest BCUT2D eigenvalue weighted by Gasteiger charge is -2.05. The van der Waals surface area contributed by atoms with Gasteiger partial charge in [-0.15, -0.1) is 16.4 Å². The quantitative estimate of drug-likeness (QED) is 0.574. The van der Waals surface area contributed by atoms with E-state index in [0.717, 1.165) is 21.5 Å². The highest BCUT2D eigenvalue weighted by Gasteiger charge is 2.11. The number of rotatable bonds is 2. The molecule has 0 bridgehead atoms. The van der Waals surface area contributed by atoms with E-state index in [0.29, 0.717) is 11.5 Å². The van der Waals surface area contributed by atoms with Crippen LogP contribution in [0.25, 0.3) is 27.3 Å². The third-order valence-electron chi connectivity index (χ3n) is 3.20. The maximum Gasteiger partial charge on any atom is 0.187 e. The Kier molecular flexibility index (Phi) is 2.65. The van der Waals surface area contributed by atoms with E-state index in [1.54, 1.807) is 16.0 Å². The largest absolute Gasteiger partial charge is 0.399 e. The second-order valence-electron chi connectivity index (χ2n) is 4.54. The van der Waals surface area contributed by atoms with Crippen LogP contribution in [0.15, 0.2) is 48.0 Å². The third-order valence-corrected chi connectivity index (χ3v) is 3.99. The van der Waals surface area contributed by atoms with Crippen LogP contribution in [0.4, 0.5) is 5.69 Å². The molecule has 0 unspecified atom stereocenters. The molecule has 2 heterocycles. The summed E-state index contributed by atoms with van der Waals surface area (Å²) in [6.07, 6.45) is 0. The number of benzene rings is 2. The van der Waals surface area contributed by atoms with Crippen molar-refractivity contribution in [3.63, 3.8) is 0 Å². The van der Waals surface area contributed by atoms with Gasteiger partial charge in [0.15, 0.2) is 5.82 Å². The molecule has 0 aliphatic heterocycles. The molecule has 0 atom stereocenters. The predicted molar refractivity (Wildman–Crippen MR) is 82.2 cm³/mol. The van der Waals surface area contributed by atoms with Crippen molar-refractivity contribution >= 4 is 27.2 Å². The number of hydrogen-bond donors (Lipinski definition) is 1. The van der Waals surface area contributed by atoms with Crippen LogP contribution in [0.5, 0.6) is 0 Å². The van der Waals surface area contributed by atoms with Crippen molar-refractivity contribution in [2.45, 2.75) is 0 Å². The Labute approximate surface area is 123 Å². The Morgan fingerprint density at radius 2 is 1.90 bits per heavy atom. The smallest absolute Gasteiger partial charge is 0.187 e. The number of fused-ring (bicyclic) bond motifs is 1. The molecule has 0 fully saturated rings.